The number of carbonyl (C=O) groups excluding carboxylic acids is 1. The number of nitrogens with one attached hydrogen (secondary N) is 1. The first-order valence-corrected chi connectivity index (χ1v) is 7.84. The summed E-state index contributed by atoms with van der Waals surface area (Å²) in [5, 5.41) is 3.77. The topological polar surface area (TPSA) is 38.3 Å². The molecule has 2 aromatic carbocycles. The number of carbonyl (C=O) groups is 1. The van der Waals surface area contributed by atoms with E-state index in [0.29, 0.717) is 10.6 Å². The zero-order valence-corrected chi connectivity index (χ0v) is 13.4. The number of benzene rings is 2. The molecular formula is C18H17ClFNO2. The van der Waals surface area contributed by atoms with Gasteiger partial charge in [0.25, 0.3) is 0 Å². The van der Waals surface area contributed by atoms with Crippen molar-refractivity contribution in [1.82, 2.24) is 5.32 Å². The Morgan fingerprint density at radius 3 is 2.87 bits per heavy atom. The Bertz CT molecular complexity index is 735. The molecule has 1 aliphatic rings. The van der Waals surface area contributed by atoms with Crippen LogP contribution in [0.1, 0.15) is 35.2 Å². The lowest BCUT2D eigenvalue weighted by atomic mass is 10.0. The van der Waals surface area contributed by atoms with Crippen LogP contribution in [0, 0.1) is 5.82 Å². The summed E-state index contributed by atoms with van der Waals surface area (Å²) < 4.78 is 18.5. The molecule has 120 valence electrons. The highest BCUT2D eigenvalue weighted by molar-refractivity contribution is 6.31. The van der Waals surface area contributed by atoms with Gasteiger partial charge in [0.05, 0.1) is 7.11 Å². The van der Waals surface area contributed by atoms with Crippen LogP contribution in [-0.4, -0.2) is 13.1 Å². The highest BCUT2D eigenvalue weighted by atomic mass is 35.5. The zero-order valence-electron chi connectivity index (χ0n) is 12.7. The highest BCUT2D eigenvalue weighted by Gasteiger charge is 2.30. The normalized spacial score (nSPS) is 17.6. The molecule has 23 heavy (non-hydrogen) atoms. The number of ether oxygens (including phenoxy) is 1. The summed E-state index contributed by atoms with van der Waals surface area (Å²) in [6.45, 7) is 0. The van der Waals surface area contributed by atoms with Crippen LogP contribution in [0.4, 0.5) is 4.39 Å². The quantitative estimate of drug-likeness (QED) is 0.860. The molecule has 1 N–H and O–H groups in total. The van der Waals surface area contributed by atoms with Crippen molar-refractivity contribution in [1.29, 1.82) is 0 Å². The zero-order chi connectivity index (χ0) is 16.4. The smallest absolute Gasteiger partial charge is 0.327 e. The molecule has 0 aromatic heterocycles. The summed E-state index contributed by atoms with van der Waals surface area (Å²) >= 11 is 6.22. The lowest BCUT2D eigenvalue weighted by molar-refractivity contribution is -0.143. The summed E-state index contributed by atoms with van der Waals surface area (Å²) in [5.74, 6) is -0.687. The molecule has 0 heterocycles. The summed E-state index contributed by atoms with van der Waals surface area (Å²) in [5.41, 5.74) is 2.66. The minimum absolute atomic E-state index is 0.110. The molecule has 0 saturated carbocycles. The van der Waals surface area contributed by atoms with Crippen LogP contribution in [0.3, 0.4) is 0 Å². The molecule has 0 bridgehead atoms. The van der Waals surface area contributed by atoms with Crippen molar-refractivity contribution in [3.63, 3.8) is 0 Å². The number of rotatable bonds is 4. The molecule has 0 unspecified atom stereocenters. The van der Waals surface area contributed by atoms with Crippen LogP contribution in [0.2, 0.25) is 5.02 Å². The van der Waals surface area contributed by atoms with Crippen molar-refractivity contribution in [2.75, 3.05) is 7.11 Å². The molecule has 2 atom stereocenters. The number of esters is 1. The second-order valence-electron chi connectivity index (χ2n) is 5.58. The maximum Gasteiger partial charge on any atom is 0.327 e. The van der Waals surface area contributed by atoms with Gasteiger partial charge in [-0.1, -0.05) is 35.9 Å². The van der Waals surface area contributed by atoms with E-state index in [1.807, 2.05) is 6.07 Å². The van der Waals surface area contributed by atoms with Gasteiger partial charge in [-0.15, -0.1) is 0 Å². The first-order valence-electron chi connectivity index (χ1n) is 7.47. The SMILES string of the molecule is COC(=O)[C@H](N[C@@H]1CCc2ccc(F)cc21)c1ccccc1Cl. The first kappa shape index (κ1) is 16.0. The van der Waals surface area contributed by atoms with Crippen LogP contribution >= 0.6 is 11.6 Å². The fraction of sp³-hybridized carbons (Fsp3) is 0.278. The Kier molecular flexibility index (Phi) is 4.64. The monoisotopic (exact) mass is 333 g/mol. The second-order valence-corrected chi connectivity index (χ2v) is 5.99. The van der Waals surface area contributed by atoms with Gasteiger partial charge in [-0.25, -0.2) is 9.18 Å². The summed E-state index contributed by atoms with van der Waals surface area (Å²) in [6.07, 6.45) is 1.65. The fourth-order valence-corrected chi connectivity index (χ4v) is 3.30. The molecular weight excluding hydrogens is 317 g/mol. The third kappa shape index (κ3) is 3.23. The van der Waals surface area contributed by atoms with E-state index >= 15 is 0 Å². The van der Waals surface area contributed by atoms with Crippen molar-refractivity contribution in [3.05, 3.63) is 70.0 Å². The average Bonchev–Trinajstić information content (AvgIpc) is 2.95. The average molecular weight is 334 g/mol. The lowest BCUT2D eigenvalue weighted by Crippen LogP contribution is -2.32. The second kappa shape index (κ2) is 6.69. The number of halogens is 2. The Hall–Kier alpha value is -1.91. The van der Waals surface area contributed by atoms with E-state index in [1.165, 1.54) is 19.2 Å². The van der Waals surface area contributed by atoms with E-state index in [4.69, 9.17) is 16.3 Å². The molecule has 0 fully saturated rings. The molecule has 2 aromatic rings. The molecule has 5 heteroatoms. The van der Waals surface area contributed by atoms with Gasteiger partial charge in [0, 0.05) is 11.1 Å². The van der Waals surface area contributed by atoms with E-state index in [2.05, 4.69) is 5.32 Å². The van der Waals surface area contributed by atoms with E-state index < -0.39 is 12.0 Å². The minimum atomic E-state index is -0.687. The van der Waals surface area contributed by atoms with Crippen molar-refractivity contribution >= 4 is 17.6 Å². The minimum Gasteiger partial charge on any atom is -0.468 e. The number of methoxy groups -OCH3 is 1. The maximum atomic E-state index is 13.5. The Labute approximate surface area is 139 Å². The largest absolute Gasteiger partial charge is 0.468 e. The summed E-state index contributed by atoms with van der Waals surface area (Å²) in [4.78, 5) is 12.2. The lowest BCUT2D eigenvalue weighted by Gasteiger charge is -2.23. The number of aryl methyl sites for hydroxylation is 1. The van der Waals surface area contributed by atoms with Crippen LogP contribution in [0.15, 0.2) is 42.5 Å². The molecule has 1 aliphatic carbocycles. The van der Waals surface area contributed by atoms with Gasteiger partial charge in [0.15, 0.2) is 0 Å². The van der Waals surface area contributed by atoms with Gasteiger partial charge in [-0.2, -0.15) is 0 Å². The summed E-state index contributed by atoms with van der Waals surface area (Å²) in [7, 11) is 1.34. The third-order valence-corrected chi connectivity index (χ3v) is 4.55. The molecule has 3 rings (SSSR count). The Balaban J connectivity index is 1.91. The van der Waals surface area contributed by atoms with Crippen molar-refractivity contribution in [2.45, 2.75) is 24.9 Å². The number of hydrogen-bond donors (Lipinski definition) is 1. The van der Waals surface area contributed by atoms with Gasteiger partial charge in [0.1, 0.15) is 11.9 Å². The van der Waals surface area contributed by atoms with Crippen LogP contribution < -0.4 is 5.32 Å². The fourth-order valence-electron chi connectivity index (χ4n) is 3.06. The van der Waals surface area contributed by atoms with Crippen LogP contribution in [0.25, 0.3) is 0 Å². The van der Waals surface area contributed by atoms with Crippen LogP contribution in [0.5, 0.6) is 0 Å². The van der Waals surface area contributed by atoms with Crippen molar-refractivity contribution in [3.8, 4) is 0 Å². The van der Waals surface area contributed by atoms with Gasteiger partial charge in [-0.05, 0) is 47.7 Å². The predicted molar refractivity (Wildman–Crippen MR) is 86.8 cm³/mol. The molecule has 0 spiro atoms. The molecule has 0 amide bonds. The van der Waals surface area contributed by atoms with E-state index in [0.717, 1.165) is 24.0 Å². The highest BCUT2D eigenvalue weighted by Crippen LogP contribution is 2.35. The predicted octanol–water partition coefficient (Wildman–Crippen LogP) is 3.97. The molecule has 0 radical (unpaired) electrons. The van der Waals surface area contributed by atoms with Gasteiger partial charge in [0.2, 0.25) is 0 Å². The molecule has 3 nitrogen and oxygen atoms in total. The van der Waals surface area contributed by atoms with E-state index in [-0.39, 0.29) is 11.9 Å². The van der Waals surface area contributed by atoms with E-state index in [1.54, 1.807) is 24.3 Å². The number of hydrogen-bond acceptors (Lipinski definition) is 3. The van der Waals surface area contributed by atoms with Gasteiger partial charge in [-0.3, -0.25) is 5.32 Å². The van der Waals surface area contributed by atoms with E-state index in [9.17, 15) is 9.18 Å². The van der Waals surface area contributed by atoms with Crippen molar-refractivity contribution < 1.29 is 13.9 Å². The third-order valence-electron chi connectivity index (χ3n) is 4.21. The number of fused-ring (bicyclic) bond motifs is 1. The van der Waals surface area contributed by atoms with Gasteiger partial charge < -0.3 is 4.74 Å². The molecule has 0 aliphatic heterocycles. The first-order chi connectivity index (χ1) is 11.1. The Morgan fingerprint density at radius 2 is 2.13 bits per heavy atom. The maximum absolute atomic E-state index is 13.5. The molecule has 0 saturated heterocycles. The van der Waals surface area contributed by atoms with Crippen LogP contribution in [-0.2, 0) is 16.0 Å². The van der Waals surface area contributed by atoms with Gasteiger partial charge >= 0.3 is 5.97 Å². The standard InChI is InChI=1S/C18H17ClFNO2/c1-23-18(22)17(13-4-2-3-5-15(13)19)21-16-9-7-11-6-8-12(20)10-14(11)16/h2-6,8,10,16-17,21H,7,9H2,1H3/t16-,17-/m1/s1. The summed E-state index contributed by atoms with van der Waals surface area (Å²) in [6, 6.07) is 11.1. The Morgan fingerprint density at radius 1 is 1.35 bits per heavy atom. The van der Waals surface area contributed by atoms with Crippen molar-refractivity contribution in [2.24, 2.45) is 0 Å².